The lowest BCUT2D eigenvalue weighted by Gasteiger charge is -2.27. The fraction of sp³-hybridized carbons (Fsp3) is 0.643. The SMILES string of the molecule is CC(=O)N(CCN(CC(=O)O)CC(=O)O)CCN(CC(=O)O)CC(=O)O. The molecule has 12 nitrogen and oxygen atoms in total. The number of hydrogen-bond donors (Lipinski definition) is 4. The van der Waals surface area contributed by atoms with E-state index in [9.17, 15) is 24.0 Å². The van der Waals surface area contributed by atoms with Crippen LogP contribution < -0.4 is 0 Å². The standard InChI is InChI=1S/C14H23N3O9/c1-10(18)17(4-2-15(6-11(19)20)7-12(21)22)5-3-16(8-13(23)24)9-14(25)26/h2-9H2,1H3,(H,19,20)(H,21,22)(H,23,24)(H,25,26). The summed E-state index contributed by atoms with van der Waals surface area (Å²) in [5, 5.41) is 35.1. The lowest BCUT2D eigenvalue weighted by atomic mass is 10.3. The van der Waals surface area contributed by atoms with Crippen LogP contribution in [0.3, 0.4) is 0 Å². The van der Waals surface area contributed by atoms with Gasteiger partial charge >= 0.3 is 23.9 Å². The van der Waals surface area contributed by atoms with Gasteiger partial charge in [-0.2, -0.15) is 0 Å². The first-order valence-corrected chi connectivity index (χ1v) is 7.58. The minimum atomic E-state index is -1.21. The second-order valence-electron chi connectivity index (χ2n) is 5.50. The molecular weight excluding hydrogens is 354 g/mol. The van der Waals surface area contributed by atoms with Crippen LogP contribution in [-0.2, 0) is 24.0 Å². The predicted octanol–water partition coefficient (Wildman–Crippen LogP) is -2.22. The third-order valence-electron chi connectivity index (χ3n) is 3.25. The van der Waals surface area contributed by atoms with Gasteiger partial charge in [0, 0.05) is 33.1 Å². The van der Waals surface area contributed by atoms with Gasteiger partial charge in [0.25, 0.3) is 0 Å². The van der Waals surface area contributed by atoms with Crippen LogP contribution in [0.25, 0.3) is 0 Å². The average molecular weight is 377 g/mol. The summed E-state index contributed by atoms with van der Waals surface area (Å²) in [6.45, 7) is -0.800. The Balaban J connectivity index is 4.76. The molecule has 1 amide bonds. The van der Waals surface area contributed by atoms with Crippen molar-refractivity contribution in [2.75, 3.05) is 52.4 Å². The maximum Gasteiger partial charge on any atom is 0.317 e. The number of amides is 1. The van der Waals surface area contributed by atoms with Crippen LogP contribution in [0.4, 0.5) is 0 Å². The van der Waals surface area contributed by atoms with E-state index in [-0.39, 0.29) is 32.1 Å². The smallest absolute Gasteiger partial charge is 0.317 e. The van der Waals surface area contributed by atoms with E-state index in [0.717, 1.165) is 9.80 Å². The van der Waals surface area contributed by atoms with Crippen LogP contribution in [0.5, 0.6) is 0 Å². The Morgan fingerprint density at radius 3 is 1.04 bits per heavy atom. The van der Waals surface area contributed by atoms with Gasteiger partial charge in [0.1, 0.15) is 0 Å². The first kappa shape index (κ1) is 23.3. The van der Waals surface area contributed by atoms with Crippen molar-refractivity contribution < 1.29 is 44.4 Å². The van der Waals surface area contributed by atoms with E-state index in [0.29, 0.717) is 0 Å². The molecule has 0 radical (unpaired) electrons. The first-order chi connectivity index (χ1) is 12.0. The summed E-state index contributed by atoms with van der Waals surface area (Å²) in [6, 6.07) is 0. The van der Waals surface area contributed by atoms with Gasteiger partial charge in [-0.3, -0.25) is 33.8 Å². The van der Waals surface area contributed by atoms with Crippen LogP contribution in [0.15, 0.2) is 0 Å². The van der Waals surface area contributed by atoms with Gasteiger partial charge in [0.05, 0.1) is 26.2 Å². The molecule has 0 saturated heterocycles. The van der Waals surface area contributed by atoms with Gasteiger partial charge in [-0.25, -0.2) is 0 Å². The highest BCUT2D eigenvalue weighted by Gasteiger charge is 2.19. The molecule has 0 aromatic carbocycles. The number of nitrogens with zero attached hydrogens (tertiary/aromatic N) is 3. The Bertz CT molecular complexity index is 466. The van der Waals surface area contributed by atoms with Crippen LogP contribution in [-0.4, -0.2) is 117 Å². The molecular formula is C14H23N3O9. The zero-order valence-corrected chi connectivity index (χ0v) is 14.3. The Labute approximate surface area is 149 Å². The summed E-state index contributed by atoms with van der Waals surface area (Å²) in [7, 11) is 0. The Kier molecular flexibility index (Phi) is 10.5. The molecule has 0 aromatic rings. The monoisotopic (exact) mass is 377 g/mol. The molecule has 0 rings (SSSR count). The Morgan fingerprint density at radius 1 is 0.577 bits per heavy atom. The van der Waals surface area contributed by atoms with Crippen molar-refractivity contribution in [2.45, 2.75) is 6.92 Å². The van der Waals surface area contributed by atoms with E-state index in [1.807, 2.05) is 0 Å². The summed E-state index contributed by atoms with van der Waals surface area (Å²) in [5.41, 5.74) is 0. The van der Waals surface area contributed by atoms with Gasteiger partial charge in [-0.05, 0) is 0 Å². The lowest BCUT2D eigenvalue weighted by molar-refractivity contribution is -0.143. The zero-order valence-electron chi connectivity index (χ0n) is 14.3. The zero-order chi connectivity index (χ0) is 20.3. The number of carboxylic acid groups (broad SMARTS) is 4. The summed E-state index contributed by atoms with van der Waals surface area (Å²) in [6.07, 6.45) is 0. The largest absolute Gasteiger partial charge is 0.480 e. The number of hydrogen-bond acceptors (Lipinski definition) is 7. The maximum atomic E-state index is 11.7. The quantitative estimate of drug-likeness (QED) is 0.258. The van der Waals surface area contributed by atoms with E-state index >= 15 is 0 Å². The minimum absolute atomic E-state index is 0.0177. The summed E-state index contributed by atoms with van der Waals surface area (Å²) in [5.74, 6) is -5.24. The Hall–Kier alpha value is -2.73. The highest BCUT2D eigenvalue weighted by Crippen LogP contribution is 1.97. The summed E-state index contributed by atoms with van der Waals surface area (Å²) < 4.78 is 0. The molecule has 0 heterocycles. The molecule has 0 atom stereocenters. The second-order valence-corrected chi connectivity index (χ2v) is 5.50. The number of aliphatic carboxylic acids is 4. The summed E-state index contributed by atoms with van der Waals surface area (Å²) in [4.78, 5) is 58.2. The molecule has 26 heavy (non-hydrogen) atoms. The molecule has 0 aromatic heterocycles. The minimum Gasteiger partial charge on any atom is -0.480 e. The maximum absolute atomic E-state index is 11.7. The molecule has 0 spiro atoms. The van der Waals surface area contributed by atoms with E-state index in [1.54, 1.807) is 0 Å². The second kappa shape index (κ2) is 11.8. The third-order valence-corrected chi connectivity index (χ3v) is 3.25. The molecule has 0 bridgehead atoms. The number of carbonyl (C=O) groups is 5. The van der Waals surface area contributed by atoms with Gasteiger partial charge in [0.2, 0.25) is 5.91 Å². The first-order valence-electron chi connectivity index (χ1n) is 7.58. The van der Waals surface area contributed by atoms with E-state index < -0.39 is 50.1 Å². The molecule has 148 valence electrons. The number of carboxylic acids is 4. The van der Waals surface area contributed by atoms with E-state index in [2.05, 4.69) is 0 Å². The van der Waals surface area contributed by atoms with E-state index in [4.69, 9.17) is 20.4 Å². The van der Waals surface area contributed by atoms with Crippen LogP contribution in [0.2, 0.25) is 0 Å². The highest BCUT2D eigenvalue weighted by atomic mass is 16.4. The molecule has 0 unspecified atom stereocenters. The van der Waals surface area contributed by atoms with Crippen LogP contribution in [0.1, 0.15) is 6.92 Å². The Morgan fingerprint density at radius 2 is 0.846 bits per heavy atom. The van der Waals surface area contributed by atoms with Gasteiger partial charge in [0.15, 0.2) is 0 Å². The normalized spacial score (nSPS) is 10.7. The van der Waals surface area contributed by atoms with Crippen molar-refractivity contribution in [1.82, 2.24) is 14.7 Å². The average Bonchev–Trinajstić information content (AvgIpc) is 2.43. The van der Waals surface area contributed by atoms with Crippen molar-refractivity contribution in [3.8, 4) is 0 Å². The molecule has 0 aliphatic carbocycles. The van der Waals surface area contributed by atoms with Crippen LogP contribution in [0, 0.1) is 0 Å². The van der Waals surface area contributed by atoms with Crippen molar-refractivity contribution >= 4 is 29.8 Å². The van der Waals surface area contributed by atoms with Gasteiger partial charge in [-0.15, -0.1) is 0 Å². The van der Waals surface area contributed by atoms with Crippen molar-refractivity contribution in [2.24, 2.45) is 0 Å². The third kappa shape index (κ3) is 11.8. The van der Waals surface area contributed by atoms with Crippen molar-refractivity contribution in [3.63, 3.8) is 0 Å². The van der Waals surface area contributed by atoms with Crippen LogP contribution >= 0.6 is 0 Å². The predicted molar refractivity (Wildman–Crippen MR) is 85.7 cm³/mol. The number of rotatable bonds is 14. The fourth-order valence-electron chi connectivity index (χ4n) is 2.14. The topological polar surface area (TPSA) is 176 Å². The van der Waals surface area contributed by atoms with E-state index in [1.165, 1.54) is 11.8 Å². The van der Waals surface area contributed by atoms with Crippen molar-refractivity contribution in [1.29, 1.82) is 0 Å². The highest BCUT2D eigenvalue weighted by molar-refractivity contribution is 5.74. The molecule has 0 fully saturated rings. The van der Waals surface area contributed by atoms with Crippen molar-refractivity contribution in [3.05, 3.63) is 0 Å². The fourth-order valence-corrected chi connectivity index (χ4v) is 2.14. The molecule has 12 heteroatoms. The molecule has 0 aliphatic rings. The number of carbonyl (C=O) groups excluding carboxylic acids is 1. The molecule has 4 N–H and O–H groups in total. The molecule has 0 aliphatic heterocycles. The lowest BCUT2D eigenvalue weighted by Crippen LogP contribution is -2.45. The van der Waals surface area contributed by atoms with Gasteiger partial charge in [-0.1, -0.05) is 0 Å². The molecule has 0 saturated carbocycles. The van der Waals surface area contributed by atoms with Gasteiger partial charge < -0.3 is 25.3 Å². The summed E-state index contributed by atoms with van der Waals surface area (Å²) >= 11 is 0.